The van der Waals surface area contributed by atoms with Crippen LogP contribution in [0.4, 0.5) is 0 Å². The smallest absolute Gasteiger partial charge is 0.173 e. The van der Waals surface area contributed by atoms with E-state index >= 15 is 0 Å². The predicted octanol–water partition coefficient (Wildman–Crippen LogP) is 4.94. The van der Waals surface area contributed by atoms with Crippen LogP contribution in [0.25, 0.3) is 10.4 Å². The Morgan fingerprint density at radius 1 is 0.955 bits per heavy atom. The summed E-state index contributed by atoms with van der Waals surface area (Å²) in [6.07, 6.45) is 1.28. The fraction of sp³-hybridized carbons (Fsp3) is 0.105. The van der Waals surface area contributed by atoms with Gasteiger partial charge in [-0.25, -0.2) is 0 Å². The van der Waals surface area contributed by atoms with Crippen LogP contribution in [0.15, 0.2) is 66.7 Å². The molecule has 0 spiro atoms. The maximum absolute atomic E-state index is 12.3. The second-order valence-corrected chi connectivity index (χ2v) is 6.21. The molecule has 110 valence electrons. The van der Waals surface area contributed by atoms with Crippen LogP contribution in [-0.2, 0) is 6.42 Å². The zero-order valence-electron chi connectivity index (χ0n) is 12.0. The third kappa shape index (κ3) is 3.43. The number of aromatic hydroxyl groups is 1. The van der Waals surface area contributed by atoms with Crippen LogP contribution in [0.1, 0.15) is 21.7 Å². The first-order chi connectivity index (χ1) is 10.7. The van der Waals surface area contributed by atoms with Gasteiger partial charge in [-0.3, -0.25) is 4.79 Å². The number of hydrogen-bond acceptors (Lipinski definition) is 3. The Hall–Kier alpha value is -2.39. The number of aryl methyl sites for hydroxylation is 1. The molecule has 0 radical (unpaired) electrons. The summed E-state index contributed by atoms with van der Waals surface area (Å²) in [5.41, 5.74) is 2.12. The third-order valence-corrected chi connectivity index (χ3v) is 4.67. The average molecular weight is 308 g/mol. The van der Waals surface area contributed by atoms with Crippen molar-refractivity contribution in [3.63, 3.8) is 0 Å². The summed E-state index contributed by atoms with van der Waals surface area (Å²) in [5, 5.41) is 9.54. The van der Waals surface area contributed by atoms with Gasteiger partial charge in [0.15, 0.2) is 5.78 Å². The van der Waals surface area contributed by atoms with E-state index in [-0.39, 0.29) is 11.5 Å². The van der Waals surface area contributed by atoms with Crippen molar-refractivity contribution in [1.82, 2.24) is 0 Å². The molecule has 0 saturated carbocycles. The minimum atomic E-state index is 0.167. The Balaban J connectivity index is 1.69. The van der Waals surface area contributed by atoms with E-state index in [9.17, 15) is 9.90 Å². The molecule has 2 aromatic carbocycles. The maximum atomic E-state index is 12.3. The van der Waals surface area contributed by atoms with E-state index in [0.717, 1.165) is 21.7 Å². The van der Waals surface area contributed by atoms with E-state index in [2.05, 4.69) is 0 Å². The summed E-state index contributed by atoms with van der Waals surface area (Å²) < 4.78 is 0. The van der Waals surface area contributed by atoms with Gasteiger partial charge < -0.3 is 5.11 Å². The normalized spacial score (nSPS) is 10.5. The van der Waals surface area contributed by atoms with E-state index in [1.54, 1.807) is 18.2 Å². The highest BCUT2D eigenvalue weighted by molar-refractivity contribution is 7.17. The van der Waals surface area contributed by atoms with Crippen molar-refractivity contribution in [2.75, 3.05) is 0 Å². The number of rotatable bonds is 5. The molecule has 2 nitrogen and oxygen atoms in total. The number of carbonyl (C=O) groups excluding carboxylic acids is 1. The fourth-order valence-corrected chi connectivity index (χ4v) is 3.30. The van der Waals surface area contributed by atoms with Crippen molar-refractivity contribution in [3.05, 3.63) is 77.2 Å². The zero-order valence-corrected chi connectivity index (χ0v) is 12.8. The third-order valence-electron chi connectivity index (χ3n) is 3.50. The van der Waals surface area contributed by atoms with Crippen LogP contribution in [0.2, 0.25) is 0 Å². The Bertz CT molecular complexity index is 775. The molecule has 1 heterocycles. The highest BCUT2D eigenvalue weighted by atomic mass is 32.1. The van der Waals surface area contributed by atoms with Crippen LogP contribution in [0.5, 0.6) is 5.75 Å². The standard InChI is InChI=1S/C19H16O2S/c20-16-8-4-7-15(13-16)18-11-12-19(22-18)17(21)10-9-14-5-2-1-3-6-14/h1-8,11-13,20H,9-10H2. The lowest BCUT2D eigenvalue weighted by Gasteiger charge is -2.00. The molecule has 0 atom stereocenters. The van der Waals surface area contributed by atoms with Gasteiger partial charge in [0.2, 0.25) is 0 Å². The molecule has 3 heteroatoms. The van der Waals surface area contributed by atoms with Gasteiger partial charge in [0, 0.05) is 11.3 Å². The van der Waals surface area contributed by atoms with E-state index in [1.165, 1.54) is 16.9 Å². The molecular formula is C19H16O2S. The summed E-state index contributed by atoms with van der Waals surface area (Å²) in [5.74, 6) is 0.406. The van der Waals surface area contributed by atoms with Gasteiger partial charge in [0.05, 0.1) is 4.88 Å². The summed E-state index contributed by atoms with van der Waals surface area (Å²) in [6.45, 7) is 0. The zero-order chi connectivity index (χ0) is 15.4. The molecule has 0 amide bonds. The SMILES string of the molecule is O=C(CCc1ccccc1)c1ccc(-c2cccc(O)c2)s1. The van der Waals surface area contributed by atoms with E-state index in [4.69, 9.17) is 0 Å². The monoisotopic (exact) mass is 308 g/mol. The first kappa shape index (κ1) is 14.5. The maximum Gasteiger partial charge on any atom is 0.173 e. The largest absolute Gasteiger partial charge is 0.508 e. The second-order valence-electron chi connectivity index (χ2n) is 5.12. The van der Waals surface area contributed by atoms with Crippen LogP contribution >= 0.6 is 11.3 Å². The number of carbonyl (C=O) groups is 1. The molecule has 0 aliphatic heterocycles. The minimum absolute atomic E-state index is 0.167. The van der Waals surface area contributed by atoms with Gasteiger partial charge in [0.1, 0.15) is 5.75 Å². The van der Waals surface area contributed by atoms with Crippen LogP contribution < -0.4 is 0 Å². The number of hydrogen-bond donors (Lipinski definition) is 1. The lowest BCUT2D eigenvalue weighted by atomic mass is 10.1. The van der Waals surface area contributed by atoms with Crippen LogP contribution in [0.3, 0.4) is 0 Å². The fourth-order valence-electron chi connectivity index (χ4n) is 2.33. The quantitative estimate of drug-likeness (QED) is 0.678. The lowest BCUT2D eigenvalue weighted by molar-refractivity contribution is 0.0986. The number of thiophene rings is 1. The summed E-state index contributed by atoms with van der Waals surface area (Å²) in [4.78, 5) is 14.1. The average Bonchev–Trinajstić information content (AvgIpc) is 3.04. The summed E-state index contributed by atoms with van der Waals surface area (Å²) in [7, 11) is 0. The van der Waals surface area contributed by atoms with Gasteiger partial charge >= 0.3 is 0 Å². The van der Waals surface area contributed by atoms with Gasteiger partial charge in [-0.15, -0.1) is 11.3 Å². The topological polar surface area (TPSA) is 37.3 Å². The summed E-state index contributed by atoms with van der Waals surface area (Å²) >= 11 is 1.48. The molecule has 0 saturated heterocycles. The number of phenolic OH excluding ortho intramolecular Hbond substituents is 1. The Kier molecular flexibility index (Phi) is 4.35. The number of benzene rings is 2. The molecule has 0 bridgehead atoms. The molecule has 0 aliphatic rings. The van der Waals surface area contributed by atoms with Crippen molar-refractivity contribution in [1.29, 1.82) is 0 Å². The van der Waals surface area contributed by atoms with Crippen LogP contribution in [-0.4, -0.2) is 10.9 Å². The molecule has 3 rings (SSSR count). The van der Waals surface area contributed by atoms with Crippen molar-refractivity contribution in [2.24, 2.45) is 0 Å². The molecular weight excluding hydrogens is 292 g/mol. The predicted molar refractivity (Wildman–Crippen MR) is 90.5 cm³/mol. The van der Waals surface area contributed by atoms with Crippen molar-refractivity contribution >= 4 is 17.1 Å². The van der Waals surface area contributed by atoms with Gasteiger partial charge in [0.25, 0.3) is 0 Å². The second kappa shape index (κ2) is 6.58. The van der Waals surface area contributed by atoms with Gasteiger partial charge in [-0.1, -0.05) is 42.5 Å². The molecule has 0 fully saturated rings. The molecule has 1 aromatic heterocycles. The van der Waals surface area contributed by atoms with Gasteiger partial charge in [-0.05, 0) is 41.8 Å². The van der Waals surface area contributed by atoms with Crippen molar-refractivity contribution in [3.8, 4) is 16.2 Å². The Morgan fingerprint density at radius 2 is 1.77 bits per heavy atom. The first-order valence-corrected chi connectivity index (χ1v) is 8.00. The van der Waals surface area contributed by atoms with Crippen molar-refractivity contribution in [2.45, 2.75) is 12.8 Å². The highest BCUT2D eigenvalue weighted by Crippen LogP contribution is 2.30. The number of phenols is 1. The minimum Gasteiger partial charge on any atom is -0.508 e. The molecule has 1 N–H and O–H groups in total. The van der Waals surface area contributed by atoms with E-state index in [1.807, 2.05) is 48.5 Å². The Morgan fingerprint density at radius 3 is 2.55 bits per heavy atom. The number of Topliss-reactive ketones (excluding diaryl/α,β-unsaturated/α-hetero) is 1. The lowest BCUT2D eigenvalue weighted by Crippen LogP contribution is -1.98. The Labute approximate surface area is 133 Å². The number of ketones is 1. The highest BCUT2D eigenvalue weighted by Gasteiger charge is 2.10. The molecule has 0 aliphatic carbocycles. The van der Waals surface area contributed by atoms with Crippen LogP contribution in [0, 0.1) is 0 Å². The van der Waals surface area contributed by atoms with Crippen molar-refractivity contribution < 1.29 is 9.90 Å². The summed E-state index contributed by atoms with van der Waals surface area (Å²) in [6, 6.07) is 21.0. The molecule has 0 unspecified atom stereocenters. The van der Waals surface area contributed by atoms with E-state index in [0.29, 0.717) is 6.42 Å². The first-order valence-electron chi connectivity index (χ1n) is 7.19. The van der Waals surface area contributed by atoms with E-state index < -0.39 is 0 Å². The molecule has 3 aromatic rings. The van der Waals surface area contributed by atoms with Gasteiger partial charge in [-0.2, -0.15) is 0 Å². The molecule has 22 heavy (non-hydrogen) atoms.